The predicted molar refractivity (Wildman–Crippen MR) is 114 cm³/mol. The molecule has 0 bridgehead atoms. The molecule has 140 valence electrons. The Bertz CT molecular complexity index is 1090. The largest absolute Gasteiger partial charge is 0.507 e. The van der Waals surface area contributed by atoms with Crippen molar-refractivity contribution < 1.29 is 9.84 Å². The molecule has 0 saturated heterocycles. The van der Waals surface area contributed by atoms with Crippen LogP contribution in [-0.2, 0) is 6.61 Å². The van der Waals surface area contributed by atoms with Crippen molar-refractivity contribution in [3.63, 3.8) is 0 Å². The number of ether oxygens (including phenoxy) is 1. The molecule has 0 amide bonds. The quantitative estimate of drug-likeness (QED) is 0.398. The Balaban J connectivity index is 1.63. The molecule has 0 aliphatic rings. The number of aromatic amines is 1. The van der Waals surface area contributed by atoms with Gasteiger partial charge in [-0.15, -0.1) is 0 Å². The summed E-state index contributed by atoms with van der Waals surface area (Å²) in [6.45, 7) is 2.42. The van der Waals surface area contributed by atoms with Crippen LogP contribution in [0.4, 0.5) is 0 Å². The molecule has 4 rings (SSSR count). The molecule has 2 N–H and O–H groups in total. The molecule has 0 aliphatic heterocycles. The molecule has 28 heavy (non-hydrogen) atoms. The summed E-state index contributed by atoms with van der Waals surface area (Å²) in [6.07, 6.45) is 0. The molecule has 1 heterocycles. The number of H-pyrrole nitrogens is 1. The minimum Gasteiger partial charge on any atom is -0.507 e. The van der Waals surface area contributed by atoms with E-state index < -0.39 is 0 Å². The van der Waals surface area contributed by atoms with Gasteiger partial charge in [0.15, 0.2) is 0 Å². The Hall–Kier alpha value is -3.05. The van der Waals surface area contributed by atoms with E-state index in [9.17, 15) is 5.11 Å². The molecule has 0 fully saturated rings. The number of benzene rings is 3. The zero-order valence-corrected chi connectivity index (χ0v) is 16.9. The van der Waals surface area contributed by atoms with Crippen LogP contribution < -0.4 is 4.74 Å². The molecular weight excluding hydrogens is 416 g/mol. The van der Waals surface area contributed by atoms with Gasteiger partial charge in [0.25, 0.3) is 0 Å². The standard InChI is InChI=1S/C23H19BrN2O2/c1-15-22(17-7-9-18(24)10-8-17)23(26-25-15)20-12-11-19(13-21(20)27)28-14-16-5-3-2-4-6-16/h2-13,27H,14H2,1H3,(H,25,26). The monoisotopic (exact) mass is 434 g/mol. The van der Waals surface area contributed by atoms with Gasteiger partial charge in [-0.3, -0.25) is 5.10 Å². The van der Waals surface area contributed by atoms with Crippen LogP contribution >= 0.6 is 15.9 Å². The number of hydrogen-bond donors (Lipinski definition) is 2. The smallest absolute Gasteiger partial charge is 0.128 e. The number of phenols is 1. The van der Waals surface area contributed by atoms with Gasteiger partial charge in [0.1, 0.15) is 23.8 Å². The van der Waals surface area contributed by atoms with E-state index >= 15 is 0 Å². The number of halogens is 1. The van der Waals surface area contributed by atoms with E-state index in [1.807, 2.05) is 73.7 Å². The molecular formula is C23H19BrN2O2. The average molecular weight is 435 g/mol. The minimum absolute atomic E-state index is 0.135. The van der Waals surface area contributed by atoms with E-state index in [4.69, 9.17) is 4.74 Å². The Kier molecular flexibility index (Phi) is 5.17. The summed E-state index contributed by atoms with van der Waals surface area (Å²) >= 11 is 3.46. The van der Waals surface area contributed by atoms with Crippen LogP contribution in [-0.4, -0.2) is 15.3 Å². The summed E-state index contributed by atoms with van der Waals surface area (Å²) in [7, 11) is 0. The highest BCUT2D eigenvalue weighted by molar-refractivity contribution is 9.10. The molecule has 0 radical (unpaired) electrons. The minimum atomic E-state index is 0.135. The van der Waals surface area contributed by atoms with Gasteiger partial charge in [-0.25, -0.2) is 0 Å². The maximum absolute atomic E-state index is 10.6. The number of nitrogens with one attached hydrogen (secondary N) is 1. The van der Waals surface area contributed by atoms with Gasteiger partial charge < -0.3 is 9.84 Å². The fourth-order valence-electron chi connectivity index (χ4n) is 3.14. The first-order valence-electron chi connectivity index (χ1n) is 8.93. The summed E-state index contributed by atoms with van der Waals surface area (Å²) in [5.41, 5.74) is 5.41. The second-order valence-electron chi connectivity index (χ2n) is 6.53. The highest BCUT2D eigenvalue weighted by atomic mass is 79.9. The highest BCUT2D eigenvalue weighted by Gasteiger charge is 2.17. The topological polar surface area (TPSA) is 58.1 Å². The maximum Gasteiger partial charge on any atom is 0.128 e. The van der Waals surface area contributed by atoms with Gasteiger partial charge in [-0.2, -0.15) is 5.10 Å². The van der Waals surface area contributed by atoms with E-state index in [1.54, 1.807) is 6.07 Å². The SMILES string of the molecule is Cc1[nH]nc(-c2ccc(OCc3ccccc3)cc2O)c1-c1ccc(Br)cc1. The number of aryl methyl sites for hydroxylation is 1. The van der Waals surface area contributed by atoms with Gasteiger partial charge in [0.2, 0.25) is 0 Å². The second kappa shape index (κ2) is 7.90. The van der Waals surface area contributed by atoms with E-state index in [0.717, 1.165) is 26.9 Å². The van der Waals surface area contributed by atoms with E-state index in [2.05, 4.69) is 26.1 Å². The summed E-state index contributed by atoms with van der Waals surface area (Å²) in [5, 5.41) is 18.1. The summed E-state index contributed by atoms with van der Waals surface area (Å²) in [6, 6.07) is 23.3. The van der Waals surface area contributed by atoms with Crippen LogP contribution in [0.2, 0.25) is 0 Å². The Morgan fingerprint density at radius 2 is 1.75 bits per heavy atom. The van der Waals surface area contributed by atoms with Crippen LogP contribution in [0.3, 0.4) is 0 Å². The third-order valence-corrected chi connectivity index (χ3v) is 5.08. The summed E-state index contributed by atoms with van der Waals surface area (Å²) in [4.78, 5) is 0. The van der Waals surface area contributed by atoms with Crippen molar-refractivity contribution in [2.45, 2.75) is 13.5 Å². The first-order valence-corrected chi connectivity index (χ1v) is 9.72. The van der Waals surface area contributed by atoms with Crippen molar-refractivity contribution in [1.82, 2.24) is 10.2 Å². The first kappa shape index (κ1) is 18.3. The molecule has 0 saturated carbocycles. The molecule has 0 spiro atoms. The summed E-state index contributed by atoms with van der Waals surface area (Å²) in [5.74, 6) is 0.748. The molecule has 0 aliphatic carbocycles. The zero-order chi connectivity index (χ0) is 19.5. The lowest BCUT2D eigenvalue weighted by Gasteiger charge is -2.10. The molecule has 0 unspecified atom stereocenters. The molecule has 5 heteroatoms. The number of hydrogen-bond acceptors (Lipinski definition) is 3. The summed E-state index contributed by atoms with van der Waals surface area (Å²) < 4.78 is 6.82. The average Bonchev–Trinajstić information content (AvgIpc) is 3.09. The maximum atomic E-state index is 10.6. The number of aromatic nitrogens is 2. The van der Waals surface area contributed by atoms with Gasteiger partial charge in [-0.05, 0) is 42.3 Å². The number of phenolic OH excluding ortho intramolecular Hbond substituents is 1. The van der Waals surface area contributed by atoms with Crippen LogP contribution in [0.5, 0.6) is 11.5 Å². The van der Waals surface area contributed by atoms with Crippen LogP contribution in [0.1, 0.15) is 11.3 Å². The third kappa shape index (κ3) is 3.80. The fraction of sp³-hybridized carbons (Fsp3) is 0.0870. The van der Waals surface area contributed by atoms with Crippen molar-refractivity contribution in [1.29, 1.82) is 0 Å². The van der Waals surface area contributed by atoms with E-state index in [-0.39, 0.29) is 5.75 Å². The number of aromatic hydroxyl groups is 1. The Labute approximate surface area is 172 Å². The Morgan fingerprint density at radius 1 is 1.00 bits per heavy atom. The van der Waals surface area contributed by atoms with E-state index in [1.165, 1.54) is 0 Å². The number of rotatable bonds is 5. The second-order valence-corrected chi connectivity index (χ2v) is 7.45. The zero-order valence-electron chi connectivity index (χ0n) is 15.3. The van der Waals surface area contributed by atoms with Crippen molar-refractivity contribution in [3.05, 3.63) is 88.5 Å². The van der Waals surface area contributed by atoms with Gasteiger partial charge in [0, 0.05) is 27.4 Å². The normalized spacial score (nSPS) is 10.8. The van der Waals surface area contributed by atoms with Crippen molar-refractivity contribution in [3.8, 4) is 33.9 Å². The fourth-order valence-corrected chi connectivity index (χ4v) is 3.40. The molecule has 0 atom stereocenters. The van der Waals surface area contributed by atoms with Crippen LogP contribution in [0.15, 0.2) is 77.3 Å². The lowest BCUT2D eigenvalue weighted by Crippen LogP contribution is -1.95. The van der Waals surface area contributed by atoms with E-state index in [0.29, 0.717) is 23.6 Å². The highest BCUT2D eigenvalue weighted by Crippen LogP contribution is 2.39. The van der Waals surface area contributed by atoms with Gasteiger partial charge in [0.05, 0.1) is 0 Å². The first-order chi connectivity index (χ1) is 13.6. The molecule has 3 aromatic carbocycles. The predicted octanol–water partition coefficient (Wildman–Crippen LogP) is 6.10. The Morgan fingerprint density at radius 3 is 2.46 bits per heavy atom. The van der Waals surface area contributed by atoms with Crippen LogP contribution in [0, 0.1) is 6.92 Å². The molecule has 4 aromatic rings. The van der Waals surface area contributed by atoms with Crippen molar-refractivity contribution >= 4 is 15.9 Å². The molecule has 1 aromatic heterocycles. The number of nitrogens with zero attached hydrogens (tertiary/aromatic N) is 1. The van der Waals surface area contributed by atoms with Crippen LogP contribution in [0.25, 0.3) is 22.4 Å². The van der Waals surface area contributed by atoms with Crippen molar-refractivity contribution in [2.24, 2.45) is 0 Å². The van der Waals surface area contributed by atoms with Gasteiger partial charge in [-0.1, -0.05) is 58.4 Å². The molecule has 4 nitrogen and oxygen atoms in total. The lowest BCUT2D eigenvalue weighted by molar-refractivity contribution is 0.304. The third-order valence-electron chi connectivity index (χ3n) is 4.55. The lowest BCUT2D eigenvalue weighted by atomic mass is 9.99. The van der Waals surface area contributed by atoms with Crippen molar-refractivity contribution in [2.75, 3.05) is 0 Å². The van der Waals surface area contributed by atoms with Gasteiger partial charge >= 0.3 is 0 Å².